The van der Waals surface area contributed by atoms with Crippen LogP contribution in [0, 0.1) is 18.8 Å². The summed E-state index contributed by atoms with van der Waals surface area (Å²) in [5.41, 5.74) is 0. The van der Waals surface area contributed by atoms with E-state index in [0.29, 0.717) is 23.7 Å². The molecule has 0 radical (unpaired) electrons. The number of hydrogen-bond acceptors (Lipinski definition) is 5. The minimum absolute atomic E-state index is 0.569. The highest BCUT2D eigenvalue weighted by atomic mass is 15.2. The van der Waals surface area contributed by atoms with Crippen molar-refractivity contribution >= 4 is 11.9 Å². The number of anilines is 2. The molecule has 0 amide bonds. The van der Waals surface area contributed by atoms with E-state index in [1.54, 1.807) is 0 Å². The van der Waals surface area contributed by atoms with Crippen LogP contribution < -0.4 is 10.6 Å². The lowest BCUT2D eigenvalue weighted by atomic mass is 10.2. The van der Waals surface area contributed by atoms with Crippen molar-refractivity contribution in [2.24, 2.45) is 11.8 Å². The van der Waals surface area contributed by atoms with E-state index in [1.165, 1.54) is 0 Å². The lowest BCUT2D eigenvalue weighted by Crippen LogP contribution is -2.15. The predicted octanol–water partition coefficient (Wildman–Crippen LogP) is 3.34. The third-order valence-corrected chi connectivity index (χ3v) is 2.08. The van der Waals surface area contributed by atoms with E-state index in [2.05, 4.69) is 53.3 Å². The molecule has 0 fully saturated rings. The maximum absolute atomic E-state index is 4.33. The highest BCUT2D eigenvalue weighted by molar-refractivity contribution is 5.34. The molecular weight excluding hydrogens is 238 g/mol. The van der Waals surface area contributed by atoms with Crippen LogP contribution in [0.25, 0.3) is 0 Å². The van der Waals surface area contributed by atoms with E-state index >= 15 is 0 Å². The second-order valence-electron chi connectivity index (χ2n) is 5.08. The molecule has 5 nitrogen and oxygen atoms in total. The predicted molar refractivity (Wildman–Crippen MR) is 82.6 cm³/mol. The van der Waals surface area contributed by atoms with Gasteiger partial charge in [0.1, 0.15) is 5.82 Å². The lowest BCUT2D eigenvalue weighted by Gasteiger charge is -2.11. The zero-order valence-corrected chi connectivity index (χ0v) is 13.4. The van der Waals surface area contributed by atoms with Crippen LogP contribution in [0.1, 0.15) is 47.4 Å². The first-order chi connectivity index (χ1) is 8.97. The van der Waals surface area contributed by atoms with Gasteiger partial charge in [0, 0.05) is 13.1 Å². The van der Waals surface area contributed by atoms with Gasteiger partial charge in [0.2, 0.25) is 11.9 Å². The summed E-state index contributed by atoms with van der Waals surface area (Å²) in [6, 6.07) is 0. The Morgan fingerprint density at radius 2 is 1.16 bits per heavy atom. The van der Waals surface area contributed by atoms with Crippen molar-refractivity contribution in [3.05, 3.63) is 5.82 Å². The van der Waals surface area contributed by atoms with E-state index in [1.807, 2.05) is 20.8 Å². The second kappa shape index (κ2) is 9.53. The summed E-state index contributed by atoms with van der Waals surface area (Å²) < 4.78 is 0. The first kappa shape index (κ1) is 17.6. The molecule has 1 aromatic heterocycles. The number of aryl methyl sites for hydroxylation is 1. The summed E-state index contributed by atoms with van der Waals surface area (Å²) in [6.07, 6.45) is 0. The van der Waals surface area contributed by atoms with Crippen molar-refractivity contribution in [2.45, 2.75) is 48.5 Å². The Kier molecular flexibility index (Phi) is 8.83. The molecule has 0 aliphatic rings. The fourth-order valence-electron chi connectivity index (χ4n) is 1.23. The molecular formula is C14H29N5. The van der Waals surface area contributed by atoms with Gasteiger partial charge in [0.25, 0.3) is 0 Å². The Bertz CT molecular complexity index is 319. The molecule has 0 unspecified atom stereocenters. The first-order valence-corrected chi connectivity index (χ1v) is 7.17. The topological polar surface area (TPSA) is 62.7 Å². The van der Waals surface area contributed by atoms with Crippen LogP contribution in [0.3, 0.4) is 0 Å². The third-order valence-electron chi connectivity index (χ3n) is 2.08. The van der Waals surface area contributed by atoms with Gasteiger partial charge < -0.3 is 10.6 Å². The van der Waals surface area contributed by atoms with Crippen molar-refractivity contribution in [3.8, 4) is 0 Å². The van der Waals surface area contributed by atoms with Crippen LogP contribution in [0.4, 0.5) is 11.9 Å². The average molecular weight is 267 g/mol. The van der Waals surface area contributed by atoms with Gasteiger partial charge in [-0.05, 0) is 18.8 Å². The Labute approximate surface area is 117 Å². The highest BCUT2D eigenvalue weighted by Gasteiger charge is 2.04. The molecule has 0 saturated heterocycles. The third kappa shape index (κ3) is 8.35. The van der Waals surface area contributed by atoms with Gasteiger partial charge >= 0.3 is 0 Å². The highest BCUT2D eigenvalue weighted by Crippen LogP contribution is 2.06. The molecule has 0 saturated carbocycles. The van der Waals surface area contributed by atoms with Gasteiger partial charge in [0.15, 0.2) is 0 Å². The number of aromatic nitrogens is 3. The van der Waals surface area contributed by atoms with Gasteiger partial charge in [0.05, 0.1) is 0 Å². The van der Waals surface area contributed by atoms with Crippen molar-refractivity contribution in [1.82, 2.24) is 15.0 Å². The maximum atomic E-state index is 4.33. The van der Waals surface area contributed by atoms with Gasteiger partial charge in [-0.2, -0.15) is 15.0 Å². The van der Waals surface area contributed by atoms with E-state index in [-0.39, 0.29) is 0 Å². The average Bonchev–Trinajstić information content (AvgIpc) is 2.36. The molecule has 0 aromatic carbocycles. The number of rotatable bonds is 6. The largest absolute Gasteiger partial charge is 0.354 e. The van der Waals surface area contributed by atoms with Crippen molar-refractivity contribution in [1.29, 1.82) is 0 Å². The number of nitrogens with one attached hydrogen (secondary N) is 2. The zero-order chi connectivity index (χ0) is 14.8. The Morgan fingerprint density at radius 1 is 0.789 bits per heavy atom. The van der Waals surface area contributed by atoms with Crippen LogP contribution in [0.2, 0.25) is 0 Å². The van der Waals surface area contributed by atoms with Crippen LogP contribution in [0.5, 0.6) is 0 Å². The smallest absolute Gasteiger partial charge is 0.227 e. The molecule has 0 bridgehead atoms. The summed E-state index contributed by atoms with van der Waals surface area (Å²) in [5, 5.41) is 6.42. The SMILES string of the molecule is CC.Cc1nc(NCC(C)C)nc(NCC(C)C)n1. The van der Waals surface area contributed by atoms with Gasteiger partial charge in [-0.15, -0.1) is 0 Å². The molecule has 1 aromatic rings. The van der Waals surface area contributed by atoms with Crippen LogP contribution in [-0.4, -0.2) is 28.0 Å². The first-order valence-electron chi connectivity index (χ1n) is 7.17. The summed E-state index contributed by atoms with van der Waals surface area (Å²) >= 11 is 0. The molecule has 0 atom stereocenters. The normalized spacial score (nSPS) is 10.2. The molecule has 1 heterocycles. The van der Waals surface area contributed by atoms with E-state index in [4.69, 9.17) is 0 Å². The summed E-state index contributed by atoms with van der Waals surface area (Å²) in [5.74, 6) is 3.17. The van der Waals surface area contributed by atoms with Gasteiger partial charge in [-0.3, -0.25) is 0 Å². The molecule has 0 spiro atoms. The minimum atomic E-state index is 0.569. The van der Waals surface area contributed by atoms with E-state index in [0.717, 1.165) is 18.9 Å². The number of hydrogen-bond donors (Lipinski definition) is 2. The minimum Gasteiger partial charge on any atom is -0.354 e. The standard InChI is InChI=1S/C12H23N5.C2H6/c1-8(2)6-13-11-15-10(5)16-12(17-11)14-7-9(3)4;1-2/h8-9H,6-7H2,1-5H3,(H2,13,14,15,16,17);1-2H3. The van der Waals surface area contributed by atoms with Gasteiger partial charge in [-0.25, -0.2) is 0 Å². The fraction of sp³-hybridized carbons (Fsp3) is 0.786. The summed E-state index contributed by atoms with van der Waals surface area (Å²) in [4.78, 5) is 12.9. The van der Waals surface area contributed by atoms with Crippen LogP contribution in [0.15, 0.2) is 0 Å². The zero-order valence-electron chi connectivity index (χ0n) is 13.4. The number of nitrogens with zero attached hydrogens (tertiary/aromatic N) is 3. The van der Waals surface area contributed by atoms with E-state index in [9.17, 15) is 0 Å². The summed E-state index contributed by atoms with van der Waals surface area (Å²) in [7, 11) is 0. The molecule has 19 heavy (non-hydrogen) atoms. The monoisotopic (exact) mass is 267 g/mol. The van der Waals surface area contributed by atoms with Crippen molar-refractivity contribution in [3.63, 3.8) is 0 Å². The van der Waals surface area contributed by atoms with Crippen molar-refractivity contribution < 1.29 is 0 Å². The molecule has 2 N–H and O–H groups in total. The van der Waals surface area contributed by atoms with Crippen LogP contribution in [-0.2, 0) is 0 Å². The molecule has 1 rings (SSSR count). The Hall–Kier alpha value is -1.39. The fourth-order valence-corrected chi connectivity index (χ4v) is 1.23. The molecule has 5 heteroatoms. The molecule has 0 aliphatic carbocycles. The Morgan fingerprint density at radius 3 is 1.47 bits per heavy atom. The summed E-state index contributed by atoms with van der Waals surface area (Å²) in [6.45, 7) is 16.2. The maximum Gasteiger partial charge on any atom is 0.227 e. The quantitative estimate of drug-likeness (QED) is 0.827. The van der Waals surface area contributed by atoms with Crippen molar-refractivity contribution in [2.75, 3.05) is 23.7 Å². The molecule has 0 aliphatic heterocycles. The molecule has 110 valence electrons. The van der Waals surface area contributed by atoms with E-state index < -0.39 is 0 Å². The second-order valence-corrected chi connectivity index (χ2v) is 5.08. The Balaban J connectivity index is 0.00000154. The van der Waals surface area contributed by atoms with Gasteiger partial charge in [-0.1, -0.05) is 41.5 Å². The van der Waals surface area contributed by atoms with Crippen LogP contribution >= 0.6 is 0 Å². The lowest BCUT2D eigenvalue weighted by molar-refractivity contribution is 0.677.